The van der Waals surface area contributed by atoms with E-state index in [1.807, 2.05) is 37.3 Å². The first-order valence-electron chi connectivity index (χ1n) is 9.90. The van der Waals surface area contributed by atoms with Gasteiger partial charge in [-0.05, 0) is 37.6 Å². The monoisotopic (exact) mass is 411 g/mol. The van der Waals surface area contributed by atoms with Crippen molar-refractivity contribution in [1.82, 2.24) is 25.2 Å². The first kappa shape index (κ1) is 19.5. The number of hydrogen-bond donors (Lipinski definition) is 2. The summed E-state index contributed by atoms with van der Waals surface area (Å²) in [6, 6.07) is 12.3. The van der Waals surface area contributed by atoms with E-state index in [9.17, 15) is 0 Å². The summed E-state index contributed by atoms with van der Waals surface area (Å²) in [4.78, 5) is 15.6. The smallest absolute Gasteiger partial charge is 0.191 e. The molecular weight excluding hydrogens is 386 g/mol. The molecule has 0 radical (unpaired) electrons. The molecule has 0 spiro atoms. The number of pyridine rings is 1. The molecular formula is C21H26ClN7. The Morgan fingerprint density at radius 2 is 2.14 bits per heavy atom. The van der Waals surface area contributed by atoms with Crippen LogP contribution in [0.3, 0.4) is 0 Å². The Balaban J connectivity index is 1.31. The summed E-state index contributed by atoms with van der Waals surface area (Å²) in [5.41, 5.74) is 2.19. The number of halogens is 1. The Labute approximate surface area is 175 Å². The minimum absolute atomic E-state index is 0.301. The highest BCUT2D eigenvalue weighted by Gasteiger charge is 2.25. The van der Waals surface area contributed by atoms with Crippen molar-refractivity contribution in [2.24, 2.45) is 4.99 Å². The second-order valence-corrected chi connectivity index (χ2v) is 7.59. The van der Waals surface area contributed by atoms with E-state index in [1.54, 1.807) is 13.2 Å². The van der Waals surface area contributed by atoms with E-state index in [1.165, 1.54) is 0 Å². The molecule has 1 saturated heterocycles. The molecule has 1 aliphatic rings. The van der Waals surface area contributed by atoms with Gasteiger partial charge in [0.05, 0.1) is 16.1 Å². The minimum atomic E-state index is 0.301. The van der Waals surface area contributed by atoms with Crippen molar-refractivity contribution in [2.45, 2.75) is 25.9 Å². The van der Waals surface area contributed by atoms with Gasteiger partial charge in [-0.15, -0.1) is 0 Å². The third-order valence-corrected chi connectivity index (χ3v) is 5.56. The molecule has 0 aliphatic carbocycles. The average Bonchev–Trinajstić information content (AvgIpc) is 3.31. The number of benzene rings is 1. The van der Waals surface area contributed by atoms with Crippen LogP contribution in [0.2, 0.25) is 5.02 Å². The lowest BCUT2D eigenvalue weighted by molar-refractivity contribution is 0.624. The summed E-state index contributed by atoms with van der Waals surface area (Å²) in [5, 5.41) is 7.63. The van der Waals surface area contributed by atoms with Gasteiger partial charge in [-0.2, -0.15) is 0 Å². The van der Waals surface area contributed by atoms with Crippen molar-refractivity contribution < 1.29 is 0 Å². The third-order valence-electron chi connectivity index (χ3n) is 5.26. The zero-order valence-electron chi connectivity index (χ0n) is 16.8. The molecule has 0 saturated carbocycles. The number of aliphatic imine (C=N–C) groups is 1. The number of imidazole rings is 1. The maximum Gasteiger partial charge on any atom is 0.191 e. The van der Waals surface area contributed by atoms with Gasteiger partial charge < -0.3 is 20.1 Å². The molecule has 0 amide bonds. The Hall–Kier alpha value is -2.80. The Kier molecular flexibility index (Phi) is 5.85. The maximum absolute atomic E-state index is 6.29. The molecule has 1 fully saturated rings. The van der Waals surface area contributed by atoms with Gasteiger partial charge in [-0.25, -0.2) is 9.97 Å². The number of fused-ring (bicyclic) bond motifs is 1. The topological polar surface area (TPSA) is 70.4 Å². The summed E-state index contributed by atoms with van der Waals surface area (Å²) in [7, 11) is 1.80. The largest absolute Gasteiger partial charge is 0.355 e. The normalized spacial score (nSPS) is 17.1. The number of nitrogens with zero attached hydrogens (tertiary/aromatic N) is 5. The molecule has 152 valence electrons. The van der Waals surface area contributed by atoms with Crippen LogP contribution in [0.5, 0.6) is 0 Å². The van der Waals surface area contributed by atoms with Crippen molar-refractivity contribution in [2.75, 3.05) is 31.6 Å². The van der Waals surface area contributed by atoms with Crippen LogP contribution < -0.4 is 15.5 Å². The third kappa shape index (κ3) is 4.29. The van der Waals surface area contributed by atoms with Crippen molar-refractivity contribution in [3.05, 3.63) is 53.4 Å². The molecule has 0 bridgehead atoms. The molecule has 3 aromatic rings. The molecule has 1 aliphatic heterocycles. The highest BCUT2D eigenvalue weighted by Crippen LogP contribution is 2.25. The lowest BCUT2D eigenvalue weighted by Crippen LogP contribution is -2.45. The first-order chi connectivity index (χ1) is 14.2. The van der Waals surface area contributed by atoms with E-state index in [4.69, 9.17) is 11.6 Å². The lowest BCUT2D eigenvalue weighted by Gasteiger charge is -2.20. The quantitative estimate of drug-likeness (QED) is 0.499. The van der Waals surface area contributed by atoms with Crippen molar-refractivity contribution in [3.63, 3.8) is 0 Å². The van der Waals surface area contributed by atoms with Gasteiger partial charge >= 0.3 is 0 Å². The van der Waals surface area contributed by atoms with Gasteiger partial charge in [-0.1, -0.05) is 23.7 Å². The number of aromatic nitrogens is 3. The first-order valence-corrected chi connectivity index (χ1v) is 10.3. The number of nitrogens with one attached hydrogen (secondary N) is 2. The molecule has 1 unspecified atom stereocenters. The Morgan fingerprint density at radius 3 is 2.97 bits per heavy atom. The summed E-state index contributed by atoms with van der Waals surface area (Å²) in [6.45, 7) is 5.41. The van der Waals surface area contributed by atoms with Crippen LogP contribution >= 0.6 is 11.6 Å². The van der Waals surface area contributed by atoms with Gasteiger partial charge in [0.15, 0.2) is 5.96 Å². The number of anilines is 1. The fraction of sp³-hybridized carbons (Fsp3) is 0.381. The van der Waals surface area contributed by atoms with Gasteiger partial charge in [0, 0.05) is 45.5 Å². The van der Waals surface area contributed by atoms with Crippen LogP contribution in [0.15, 0.2) is 47.6 Å². The number of para-hydroxylation sites is 2. The molecule has 2 aromatic heterocycles. The SMILES string of the molecule is CN=C(NCCn1c(C)nc2ccccc21)NC1CCN(c2ncccc2Cl)C1. The van der Waals surface area contributed by atoms with Crippen LogP contribution in [0.1, 0.15) is 12.2 Å². The Morgan fingerprint density at radius 1 is 1.28 bits per heavy atom. The highest BCUT2D eigenvalue weighted by atomic mass is 35.5. The van der Waals surface area contributed by atoms with Crippen LogP contribution in [-0.2, 0) is 6.54 Å². The summed E-state index contributed by atoms with van der Waals surface area (Å²) >= 11 is 6.29. The summed E-state index contributed by atoms with van der Waals surface area (Å²) in [6.07, 6.45) is 2.79. The summed E-state index contributed by atoms with van der Waals surface area (Å²) < 4.78 is 2.23. The van der Waals surface area contributed by atoms with Crippen molar-refractivity contribution in [3.8, 4) is 0 Å². The molecule has 8 heteroatoms. The molecule has 2 N–H and O–H groups in total. The molecule has 4 rings (SSSR count). The average molecular weight is 412 g/mol. The molecule has 29 heavy (non-hydrogen) atoms. The van der Waals surface area contributed by atoms with Crippen LogP contribution in [0.4, 0.5) is 5.82 Å². The predicted octanol–water partition coefficient (Wildman–Crippen LogP) is 2.84. The van der Waals surface area contributed by atoms with Crippen molar-refractivity contribution >= 4 is 34.4 Å². The van der Waals surface area contributed by atoms with E-state index >= 15 is 0 Å². The summed E-state index contributed by atoms with van der Waals surface area (Å²) in [5.74, 6) is 2.68. The number of hydrogen-bond acceptors (Lipinski definition) is 4. The minimum Gasteiger partial charge on any atom is -0.355 e. The van der Waals surface area contributed by atoms with Gasteiger partial charge in [0.1, 0.15) is 11.6 Å². The zero-order valence-corrected chi connectivity index (χ0v) is 17.5. The van der Waals surface area contributed by atoms with E-state index in [0.717, 1.165) is 61.2 Å². The molecule has 1 atom stereocenters. The standard InChI is InChI=1S/C21H26ClN7/c1-15-26-18-7-3-4-8-19(18)29(15)13-11-25-21(23-2)27-16-9-12-28(14-16)20-17(22)6-5-10-24-20/h3-8,10,16H,9,11-14H2,1-2H3,(H2,23,25,27). The number of aryl methyl sites for hydroxylation is 1. The van der Waals surface area contributed by atoms with Crippen LogP contribution in [0.25, 0.3) is 11.0 Å². The van der Waals surface area contributed by atoms with E-state index in [-0.39, 0.29) is 0 Å². The molecule has 7 nitrogen and oxygen atoms in total. The highest BCUT2D eigenvalue weighted by molar-refractivity contribution is 6.32. The number of guanidine groups is 1. The van der Waals surface area contributed by atoms with Crippen LogP contribution in [-0.4, -0.2) is 53.2 Å². The van der Waals surface area contributed by atoms with E-state index in [2.05, 4.69) is 41.1 Å². The maximum atomic E-state index is 6.29. The number of rotatable bonds is 5. The van der Waals surface area contributed by atoms with E-state index < -0.39 is 0 Å². The second kappa shape index (κ2) is 8.69. The lowest BCUT2D eigenvalue weighted by atomic mass is 10.3. The fourth-order valence-corrected chi connectivity index (χ4v) is 4.07. The van der Waals surface area contributed by atoms with Gasteiger partial charge in [0.2, 0.25) is 0 Å². The molecule has 1 aromatic carbocycles. The van der Waals surface area contributed by atoms with Gasteiger partial charge in [0.25, 0.3) is 0 Å². The Bertz CT molecular complexity index is 1010. The fourth-order valence-electron chi connectivity index (χ4n) is 3.83. The van der Waals surface area contributed by atoms with Crippen molar-refractivity contribution in [1.29, 1.82) is 0 Å². The predicted molar refractivity (Wildman–Crippen MR) is 119 cm³/mol. The molecule has 3 heterocycles. The second-order valence-electron chi connectivity index (χ2n) is 7.18. The van der Waals surface area contributed by atoms with E-state index in [0.29, 0.717) is 11.1 Å². The van der Waals surface area contributed by atoms with Crippen LogP contribution in [0, 0.1) is 6.92 Å². The van der Waals surface area contributed by atoms with Gasteiger partial charge in [-0.3, -0.25) is 4.99 Å². The zero-order chi connectivity index (χ0) is 20.2.